The third-order valence-electron chi connectivity index (χ3n) is 4.63. The van der Waals surface area contributed by atoms with E-state index >= 15 is 0 Å². The minimum Gasteiger partial charge on any atom is -0.481 e. The maximum absolute atomic E-state index is 14.8. The summed E-state index contributed by atoms with van der Waals surface area (Å²) in [5, 5.41) is 12.2. The molecule has 0 aromatic heterocycles. The van der Waals surface area contributed by atoms with Crippen molar-refractivity contribution < 1.29 is 19.1 Å². The van der Waals surface area contributed by atoms with E-state index in [1.807, 2.05) is 0 Å². The number of carboxylic acids is 1. The normalized spacial score (nSPS) is 29.9. The van der Waals surface area contributed by atoms with E-state index in [-0.39, 0.29) is 31.5 Å². The van der Waals surface area contributed by atoms with Crippen LogP contribution in [0.1, 0.15) is 24.8 Å². The Kier molecular flexibility index (Phi) is 4.19. The van der Waals surface area contributed by atoms with E-state index < -0.39 is 17.6 Å². The second kappa shape index (κ2) is 6.00. The fraction of sp³-hybridized carbons (Fsp3) is 0.500. The number of carbonyl (C=O) groups excluding carboxylic acids is 1. The highest BCUT2D eigenvalue weighted by Gasteiger charge is 2.47. The summed E-state index contributed by atoms with van der Waals surface area (Å²) in [5.74, 6) is -1.39. The maximum Gasteiger partial charge on any atom is 0.317 e. The lowest BCUT2D eigenvalue weighted by Crippen LogP contribution is -2.54. The topological polar surface area (TPSA) is 69.6 Å². The van der Waals surface area contributed by atoms with Crippen molar-refractivity contribution in [2.75, 3.05) is 13.1 Å². The van der Waals surface area contributed by atoms with E-state index in [0.29, 0.717) is 23.6 Å². The Morgan fingerprint density at radius 1 is 1.39 bits per heavy atom. The highest BCUT2D eigenvalue weighted by Crippen LogP contribution is 2.45. The third kappa shape index (κ3) is 3.27. The summed E-state index contributed by atoms with van der Waals surface area (Å²) in [5.41, 5.74) is -0.931. The second-order valence-electron chi connectivity index (χ2n) is 6.30. The molecule has 23 heavy (non-hydrogen) atoms. The largest absolute Gasteiger partial charge is 0.481 e. The Bertz CT molecular complexity index is 634. The number of amides is 2. The van der Waals surface area contributed by atoms with Gasteiger partial charge in [0.25, 0.3) is 0 Å². The van der Waals surface area contributed by atoms with Gasteiger partial charge in [-0.2, -0.15) is 0 Å². The number of aliphatic carboxylic acids is 1. The van der Waals surface area contributed by atoms with Gasteiger partial charge in [-0.3, -0.25) is 4.79 Å². The molecular weight excluding hydrogens is 323 g/mol. The van der Waals surface area contributed by atoms with Gasteiger partial charge in [-0.05, 0) is 24.1 Å². The van der Waals surface area contributed by atoms with Crippen LogP contribution < -0.4 is 5.32 Å². The van der Waals surface area contributed by atoms with E-state index in [9.17, 15) is 14.0 Å². The zero-order chi connectivity index (χ0) is 16.6. The molecule has 1 saturated carbocycles. The van der Waals surface area contributed by atoms with Crippen molar-refractivity contribution in [1.82, 2.24) is 10.2 Å². The molecule has 2 amide bonds. The van der Waals surface area contributed by atoms with Crippen LogP contribution in [0, 0.1) is 5.92 Å². The molecule has 1 unspecified atom stereocenters. The summed E-state index contributed by atoms with van der Waals surface area (Å²) in [6.07, 6.45) is 0.869. The van der Waals surface area contributed by atoms with Crippen molar-refractivity contribution in [3.05, 3.63) is 34.9 Å². The SMILES string of the molecule is O=C(O)C1CCN(C(=O)NC2CC(F)(c3cccc(Cl)c3)C2)C1. The highest BCUT2D eigenvalue weighted by molar-refractivity contribution is 6.30. The molecule has 1 atom stereocenters. The van der Waals surface area contributed by atoms with Gasteiger partial charge < -0.3 is 15.3 Å². The molecule has 0 radical (unpaired) electrons. The Labute approximate surface area is 138 Å². The number of likely N-dealkylation sites (tertiary alicyclic amines) is 1. The lowest BCUT2D eigenvalue weighted by molar-refractivity contribution is -0.141. The third-order valence-corrected chi connectivity index (χ3v) is 4.87. The van der Waals surface area contributed by atoms with Crippen LogP contribution in [0.5, 0.6) is 0 Å². The van der Waals surface area contributed by atoms with E-state index in [2.05, 4.69) is 5.32 Å². The molecule has 0 bridgehead atoms. The molecule has 2 aliphatic rings. The minimum atomic E-state index is -1.46. The number of alkyl halides is 1. The van der Waals surface area contributed by atoms with Gasteiger partial charge in [-0.1, -0.05) is 23.7 Å². The van der Waals surface area contributed by atoms with Crippen molar-refractivity contribution in [3.8, 4) is 0 Å². The number of nitrogens with one attached hydrogen (secondary N) is 1. The molecule has 1 saturated heterocycles. The Hall–Kier alpha value is -1.82. The van der Waals surface area contributed by atoms with E-state index in [4.69, 9.17) is 16.7 Å². The van der Waals surface area contributed by atoms with Crippen LogP contribution in [-0.2, 0) is 10.5 Å². The molecule has 3 rings (SSSR count). The quantitative estimate of drug-likeness (QED) is 0.889. The first-order valence-corrected chi connectivity index (χ1v) is 7.98. The van der Waals surface area contributed by atoms with E-state index in [1.165, 1.54) is 4.90 Å². The fourth-order valence-electron chi connectivity index (χ4n) is 3.24. The monoisotopic (exact) mass is 340 g/mol. The molecule has 1 aromatic rings. The summed E-state index contributed by atoms with van der Waals surface area (Å²) in [6.45, 7) is 0.632. The van der Waals surface area contributed by atoms with Crippen LogP contribution in [0.3, 0.4) is 0 Å². The molecule has 7 heteroatoms. The lowest BCUT2D eigenvalue weighted by atomic mass is 9.73. The molecule has 1 aromatic carbocycles. The predicted octanol–water partition coefficient (Wildman–Crippen LogP) is 2.78. The summed E-state index contributed by atoms with van der Waals surface area (Å²) in [6, 6.07) is 6.15. The van der Waals surface area contributed by atoms with Crippen LogP contribution >= 0.6 is 11.6 Å². The molecule has 2 fully saturated rings. The molecule has 1 heterocycles. The predicted molar refractivity (Wildman–Crippen MR) is 83.1 cm³/mol. The van der Waals surface area contributed by atoms with Gasteiger partial charge in [0.2, 0.25) is 0 Å². The maximum atomic E-state index is 14.8. The smallest absolute Gasteiger partial charge is 0.317 e. The van der Waals surface area contributed by atoms with Crippen LogP contribution in [0.2, 0.25) is 5.02 Å². The van der Waals surface area contributed by atoms with E-state index in [1.54, 1.807) is 24.3 Å². The molecule has 5 nitrogen and oxygen atoms in total. The zero-order valence-corrected chi connectivity index (χ0v) is 13.2. The van der Waals surface area contributed by atoms with Crippen LogP contribution in [0.25, 0.3) is 0 Å². The van der Waals surface area contributed by atoms with Gasteiger partial charge >= 0.3 is 12.0 Å². The molecule has 0 spiro atoms. The molecule has 1 aliphatic carbocycles. The van der Waals surface area contributed by atoms with Gasteiger partial charge in [0.1, 0.15) is 5.67 Å². The number of nitrogens with zero attached hydrogens (tertiary/aromatic N) is 1. The number of hydrogen-bond acceptors (Lipinski definition) is 2. The van der Waals surface area contributed by atoms with Crippen molar-refractivity contribution >= 4 is 23.6 Å². The number of benzene rings is 1. The summed E-state index contributed by atoms with van der Waals surface area (Å²) in [4.78, 5) is 24.5. The summed E-state index contributed by atoms with van der Waals surface area (Å²) in [7, 11) is 0. The minimum absolute atomic E-state index is 0.204. The lowest BCUT2D eigenvalue weighted by Gasteiger charge is -2.42. The number of carboxylic acid groups (broad SMARTS) is 1. The fourth-order valence-corrected chi connectivity index (χ4v) is 3.43. The number of hydrogen-bond donors (Lipinski definition) is 2. The number of halogens is 2. The molecule has 1 aliphatic heterocycles. The van der Waals surface area contributed by atoms with Crippen molar-refractivity contribution in [2.45, 2.75) is 31.0 Å². The van der Waals surface area contributed by atoms with Gasteiger partial charge in [-0.15, -0.1) is 0 Å². The number of carbonyl (C=O) groups is 2. The Morgan fingerprint density at radius 2 is 2.13 bits per heavy atom. The van der Waals surface area contributed by atoms with Gasteiger partial charge in [-0.25, -0.2) is 9.18 Å². The van der Waals surface area contributed by atoms with Crippen molar-refractivity contribution in [3.63, 3.8) is 0 Å². The molecule has 2 N–H and O–H groups in total. The van der Waals surface area contributed by atoms with E-state index in [0.717, 1.165) is 0 Å². The van der Waals surface area contributed by atoms with Crippen LogP contribution in [-0.4, -0.2) is 41.1 Å². The number of urea groups is 1. The zero-order valence-electron chi connectivity index (χ0n) is 12.5. The van der Waals surface area contributed by atoms with Crippen molar-refractivity contribution in [2.24, 2.45) is 5.92 Å². The summed E-state index contributed by atoms with van der Waals surface area (Å²) >= 11 is 5.89. The molecule has 124 valence electrons. The molecular formula is C16H18ClFN2O3. The van der Waals surface area contributed by atoms with Crippen LogP contribution in [0.4, 0.5) is 9.18 Å². The Balaban J connectivity index is 1.52. The second-order valence-corrected chi connectivity index (χ2v) is 6.74. The average Bonchev–Trinajstić information content (AvgIpc) is 2.95. The Morgan fingerprint density at radius 3 is 2.74 bits per heavy atom. The van der Waals surface area contributed by atoms with Gasteiger partial charge in [0.15, 0.2) is 0 Å². The highest BCUT2D eigenvalue weighted by atomic mass is 35.5. The van der Waals surface area contributed by atoms with Gasteiger partial charge in [0, 0.05) is 37.0 Å². The first kappa shape index (κ1) is 16.1. The standard InChI is InChI=1S/C16H18ClFN2O3/c17-12-3-1-2-11(6-12)16(18)7-13(8-16)19-15(23)20-5-4-10(9-20)14(21)22/h1-3,6,10,13H,4-5,7-9H2,(H,19,23)(H,21,22). The first-order valence-electron chi connectivity index (χ1n) is 7.60. The van der Waals surface area contributed by atoms with Crippen molar-refractivity contribution in [1.29, 1.82) is 0 Å². The number of rotatable bonds is 3. The average molecular weight is 341 g/mol. The summed E-state index contributed by atoms with van der Waals surface area (Å²) < 4.78 is 14.8. The first-order chi connectivity index (χ1) is 10.9. The van der Waals surface area contributed by atoms with Gasteiger partial charge in [0.05, 0.1) is 5.92 Å². The van der Waals surface area contributed by atoms with Crippen LogP contribution in [0.15, 0.2) is 24.3 Å².